The summed E-state index contributed by atoms with van der Waals surface area (Å²) in [6.45, 7) is 2.36. The van der Waals surface area contributed by atoms with Gasteiger partial charge < -0.3 is 4.42 Å². The Bertz CT molecular complexity index is 1350. The molecule has 0 aliphatic rings. The number of rotatable bonds is 8. The van der Waals surface area contributed by atoms with Crippen LogP contribution in [0.4, 0.5) is 6.01 Å². The Kier molecular flexibility index (Phi) is 6.33. The Balaban J connectivity index is 1.46. The van der Waals surface area contributed by atoms with Gasteiger partial charge in [0.1, 0.15) is 5.69 Å². The molecule has 0 spiro atoms. The van der Waals surface area contributed by atoms with Gasteiger partial charge in [-0.1, -0.05) is 42.4 Å². The van der Waals surface area contributed by atoms with Crippen LogP contribution in [0.1, 0.15) is 22.8 Å². The van der Waals surface area contributed by atoms with E-state index in [0.29, 0.717) is 12.2 Å². The third-order valence-electron chi connectivity index (χ3n) is 4.99. The van der Waals surface area contributed by atoms with Gasteiger partial charge in [0.25, 0.3) is 11.8 Å². The zero-order chi connectivity index (χ0) is 23.4. The van der Waals surface area contributed by atoms with Crippen LogP contribution in [-0.2, 0) is 23.6 Å². The number of nitrogens with zero attached hydrogens (tertiary/aromatic N) is 5. The maximum absolute atomic E-state index is 13.1. The first-order chi connectivity index (χ1) is 15.9. The van der Waals surface area contributed by atoms with Crippen LogP contribution in [0.2, 0.25) is 0 Å². The largest absolute Gasteiger partial charge is 0.401 e. The van der Waals surface area contributed by atoms with Gasteiger partial charge in [0, 0.05) is 31.9 Å². The molecule has 0 saturated carbocycles. The van der Waals surface area contributed by atoms with Crippen molar-refractivity contribution >= 4 is 21.9 Å². The van der Waals surface area contributed by atoms with Crippen molar-refractivity contribution < 1.29 is 17.6 Å². The first kappa shape index (κ1) is 22.4. The van der Waals surface area contributed by atoms with E-state index in [4.69, 9.17) is 4.42 Å². The van der Waals surface area contributed by atoms with E-state index in [1.807, 2.05) is 30.3 Å². The van der Waals surface area contributed by atoms with Crippen molar-refractivity contribution in [3.05, 3.63) is 78.0 Å². The molecule has 0 unspecified atom stereocenters. The molecular formula is C22H22N6O4S. The van der Waals surface area contributed by atoms with E-state index in [1.54, 1.807) is 30.9 Å². The first-order valence-corrected chi connectivity index (χ1v) is 11.6. The van der Waals surface area contributed by atoms with Crippen LogP contribution < -0.4 is 5.32 Å². The highest BCUT2D eigenvalue weighted by Crippen LogP contribution is 2.21. The number of amides is 1. The van der Waals surface area contributed by atoms with E-state index in [-0.39, 0.29) is 28.9 Å². The number of nitrogens with one attached hydrogen (secondary N) is 1. The Morgan fingerprint density at radius 2 is 1.79 bits per heavy atom. The lowest BCUT2D eigenvalue weighted by molar-refractivity contribution is 0.102. The summed E-state index contributed by atoms with van der Waals surface area (Å²) in [6.07, 6.45) is 1.59. The highest BCUT2D eigenvalue weighted by atomic mass is 32.2. The van der Waals surface area contributed by atoms with E-state index >= 15 is 0 Å². The summed E-state index contributed by atoms with van der Waals surface area (Å²) in [7, 11) is -1.99. The Morgan fingerprint density at radius 3 is 2.42 bits per heavy atom. The lowest BCUT2D eigenvalue weighted by Gasteiger charge is -2.20. The Hall–Kier alpha value is -3.83. The van der Waals surface area contributed by atoms with Crippen molar-refractivity contribution in [1.29, 1.82) is 0 Å². The van der Waals surface area contributed by atoms with Gasteiger partial charge >= 0.3 is 6.01 Å². The number of carbonyl (C=O) groups is 1. The minimum atomic E-state index is -3.72. The summed E-state index contributed by atoms with van der Waals surface area (Å²) < 4.78 is 34.5. The normalized spacial score (nSPS) is 11.6. The lowest BCUT2D eigenvalue weighted by Crippen LogP contribution is -2.30. The van der Waals surface area contributed by atoms with Gasteiger partial charge in [0.15, 0.2) is 0 Å². The number of anilines is 1. The van der Waals surface area contributed by atoms with Crippen molar-refractivity contribution in [3.63, 3.8) is 0 Å². The molecule has 0 aliphatic heterocycles. The second-order valence-electron chi connectivity index (χ2n) is 7.15. The number of hydrogen-bond donors (Lipinski definition) is 1. The van der Waals surface area contributed by atoms with Gasteiger partial charge in [-0.15, -0.1) is 5.10 Å². The molecule has 1 N–H and O–H groups in total. The first-order valence-electron chi connectivity index (χ1n) is 10.2. The fourth-order valence-electron chi connectivity index (χ4n) is 3.21. The van der Waals surface area contributed by atoms with E-state index in [2.05, 4.69) is 20.6 Å². The number of benzene rings is 2. The van der Waals surface area contributed by atoms with E-state index < -0.39 is 15.9 Å². The van der Waals surface area contributed by atoms with Gasteiger partial charge in [-0.3, -0.25) is 14.8 Å². The number of hydrogen-bond acceptors (Lipinski definition) is 7. The van der Waals surface area contributed by atoms with Crippen LogP contribution in [-0.4, -0.2) is 45.2 Å². The van der Waals surface area contributed by atoms with Crippen molar-refractivity contribution in [2.45, 2.75) is 18.4 Å². The van der Waals surface area contributed by atoms with Crippen LogP contribution in [0.15, 0.2) is 76.2 Å². The molecule has 170 valence electrons. The summed E-state index contributed by atoms with van der Waals surface area (Å²) in [5, 5.41) is 14.3. The van der Waals surface area contributed by atoms with Crippen molar-refractivity contribution in [2.75, 3.05) is 11.9 Å². The van der Waals surface area contributed by atoms with E-state index in [1.165, 1.54) is 28.6 Å². The summed E-state index contributed by atoms with van der Waals surface area (Å²) in [5.41, 5.74) is 1.75. The third kappa shape index (κ3) is 4.83. The maximum Gasteiger partial charge on any atom is 0.322 e. The molecular weight excluding hydrogens is 444 g/mol. The molecule has 2 heterocycles. The van der Waals surface area contributed by atoms with Crippen molar-refractivity contribution in [3.8, 4) is 11.6 Å². The molecule has 2 aromatic carbocycles. The van der Waals surface area contributed by atoms with Gasteiger partial charge in [-0.25, -0.2) is 8.42 Å². The van der Waals surface area contributed by atoms with Gasteiger partial charge in [-0.2, -0.15) is 9.40 Å². The van der Waals surface area contributed by atoms with E-state index in [0.717, 1.165) is 5.56 Å². The molecule has 4 aromatic rings. The molecule has 33 heavy (non-hydrogen) atoms. The molecule has 10 nitrogen and oxygen atoms in total. The standard InChI is InChI=1S/C22H22N6O4S/c1-3-28(15-16-7-5-4-6-8-16)33(30,31)18-11-9-17(10-12-18)20(29)24-22-26-25-21(32-22)19-13-14-23-27(19)2/h4-14H,3,15H2,1-2H3,(H,24,26,29). The molecule has 0 fully saturated rings. The summed E-state index contributed by atoms with van der Waals surface area (Å²) in [4.78, 5) is 12.7. The van der Waals surface area contributed by atoms with Gasteiger partial charge in [0.05, 0.1) is 4.90 Å². The highest BCUT2D eigenvalue weighted by Gasteiger charge is 2.24. The minimum absolute atomic E-state index is 0.0760. The van der Waals surface area contributed by atoms with E-state index in [9.17, 15) is 13.2 Å². The maximum atomic E-state index is 13.1. The third-order valence-corrected chi connectivity index (χ3v) is 6.93. The fraction of sp³-hybridized carbons (Fsp3) is 0.182. The van der Waals surface area contributed by atoms with Crippen molar-refractivity contribution in [2.24, 2.45) is 7.05 Å². The predicted octanol–water partition coefficient (Wildman–Crippen LogP) is 2.93. The molecule has 2 aromatic heterocycles. The lowest BCUT2D eigenvalue weighted by atomic mass is 10.2. The molecule has 0 radical (unpaired) electrons. The molecule has 11 heteroatoms. The van der Waals surface area contributed by atoms with Crippen molar-refractivity contribution in [1.82, 2.24) is 24.3 Å². The summed E-state index contributed by atoms with van der Waals surface area (Å²) in [5.74, 6) is -0.291. The number of sulfonamides is 1. The zero-order valence-corrected chi connectivity index (χ0v) is 18.9. The Morgan fingerprint density at radius 1 is 1.06 bits per heavy atom. The van der Waals surface area contributed by atoms with Crippen LogP contribution >= 0.6 is 0 Å². The molecule has 4 rings (SSSR count). The second kappa shape index (κ2) is 9.35. The molecule has 1 amide bonds. The van der Waals surface area contributed by atoms with Gasteiger partial charge in [-0.05, 0) is 35.9 Å². The fourth-order valence-corrected chi connectivity index (χ4v) is 4.65. The molecule has 0 atom stereocenters. The number of aryl methyl sites for hydroxylation is 1. The minimum Gasteiger partial charge on any atom is -0.401 e. The highest BCUT2D eigenvalue weighted by molar-refractivity contribution is 7.89. The Labute approximate surface area is 190 Å². The molecule has 0 aliphatic carbocycles. The molecule has 0 saturated heterocycles. The smallest absolute Gasteiger partial charge is 0.322 e. The second-order valence-corrected chi connectivity index (χ2v) is 9.09. The van der Waals surface area contributed by atoms with Gasteiger partial charge in [0.2, 0.25) is 10.0 Å². The zero-order valence-electron chi connectivity index (χ0n) is 18.0. The molecule has 0 bridgehead atoms. The predicted molar refractivity (Wildman–Crippen MR) is 121 cm³/mol. The van der Waals surface area contributed by atoms with Crippen LogP contribution in [0, 0.1) is 0 Å². The SMILES string of the molecule is CCN(Cc1ccccc1)S(=O)(=O)c1ccc(C(=O)Nc2nnc(-c3ccnn3C)o2)cc1. The van der Waals surface area contributed by atoms with Crippen LogP contribution in [0.3, 0.4) is 0 Å². The van der Waals surface area contributed by atoms with Crippen LogP contribution in [0.5, 0.6) is 0 Å². The average Bonchev–Trinajstić information content (AvgIpc) is 3.46. The monoisotopic (exact) mass is 466 g/mol. The number of carbonyl (C=O) groups excluding carboxylic acids is 1. The topological polar surface area (TPSA) is 123 Å². The summed E-state index contributed by atoms with van der Waals surface area (Å²) >= 11 is 0. The number of aromatic nitrogens is 4. The summed E-state index contributed by atoms with van der Waals surface area (Å²) in [6, 6.07) is 16.7. The van der Waals surface area contributed by atoms with Crippen LogP contribution in [0.25, 0.3) is 11.6 Å². The quantitative estimate of drug-likeness (QED) is 0.423. The average molecular weight is 467 g/mol.